The summed E-state index contributed by atoms with van der Waals surface area (Å²) in [6.45, 7) is 3.22. The number of carbonyl (C=O) groups excluding carboxylic acids is 1. The molecule has 2 rings (SSSR count). The van der Waals surface area contributed by atoms with E-state index in [0.717, 1.165) is 11.3 Å². The number of morpholine rings is 1. The third kappa shape index (κ3) is 4.69. The van der Waals surface area contributed by atoms with Crippen LogP contribution in [0, 0.1) is 0 Å². The van der Waals surface area contributed by atoms with Crippen molar-refractivity contribution in [2.45, 2.75) is 31.8 Å². The number of amides is 1. The Labute approximate surface area is 136 Å². The van der Waals surface area contributed by atoms with Gasteiger partial charge in [-0.05, 0) is 17.5 Å². The van der Waals surface area contributed by atoms with E-state index in [4.69, 9.17) is 14.6 Å². The molecule has 126 valence electrons. The molecule has 0 radical (unpaired) electrons. The average molecular weight is 321 g/mol. The second-order valence-corrected chi connectivity index (χ2v) is 5.78. The second kappa shape index (κ2) is 7.97. The number of carboxylic acids is 1. The highest BCUT2D eigenvalue weighted by Gasteiger charge is 2.27. The van der Waals surface area contributed by atoms with Gasteiger partial charge in [-0.1, -0.05) is 25.1 Å². The number of carboxylic acid groups (broad SMARTS) is 1. The smallest absolute Gasteiger partial charge is 0.306 e. The SMILES string of the molecule is COc1ccccc1[C@H](C)CC(=O)N1CCO[C@H](CC(=O)O)C1. The number of carbonyl (C=O) groups is 2. The molecule has 0 unspecified atom stereocenters. The Morgan fingerprint density at radius 3 is 2.87 bits per heavy atom. The molecule has 0 bridgehead atoms. The maximum absolute atomic E-state index is 12.5. The van der Waals surface area contributed by atoms with Crippen molar-refractivity contribution < 1.29 is 24.2 Å². The molecule has 1 N–H and O–H groups in total. The summed E-state index contributed by atoms with van der Waals surface area (Å²) >= 11 is 0. The molecule has 0 aliphatic carbocycles. The summed E-state index contributed by atoms with van der Waals surface area (Å²) in [5.74, 6) is -0.0910. The Balaban J connectivity index is 1.96. The third-order valence-corrected chi connectivity index (χ3v) is 4.04. The van der Waals surface area contributed by atoms with Crippen LogP contribution in [0.3, 0.4) is 0 Å². The van der Waals surface area contributed by atoms with Gasteiger partial charge in [-0.25, -0.2) is 0 Å². The number of rotatable bonds is 6. The molecule has 0 aromatic heterocycles. The monoisotopic (exact) mass is 321 g/mol. The number of hydrogen-bond acceptors (Lipinski definition) is 4. The molecule has 1 heterocycles. The molecule has 0 spiro atoms. The van der Waals surface area contributed by atoms with Crippen molar-refractivity contribution in [3.05, 3.63) is 29.8 Å². The van der Waals surface area contributed by atoms with Gasteiger partial charge in [-0.15, -0.1) is 0 Å². The summed E-state index contributed by atoms with van der Waals surface area (Å²) in [6.07, 6.45) is -0.141. The number of ether oxygens (including phenoxy) is 2. The normalized spacial score (nSPS) is 19.2. The van der Waals surface area contributed by atoms with Gasteiger partial charge >= 0.3 is 5.97 Å². The van der Waals surface area contributed by atoms with E-state index in [-0.39, 0.29) is 18.2 Å². The molecule has 2 atom stereocenters. The number of methoxy groups -OCH3 is 1. The van der Waals surface area contributed by atoms with Crippen LogP contribution in [0.1, 0.15) is 31.2 Å². The standard InChI is InChI=1S/C17H23NO5/c1-12(14-5-3-4-6-15(14)22-2)9-16(19)18-7-8-23-13(11-18)10-17(20)21/h3-6,12-13H,7-11H2,1-2H3,(H,20,21)/t12-,13-/m1/s1. The van der Waals surface area contributed by atoms with Crippen LogP contribution in [0.15, 0.2) is 24.3 Å². The quantitative estimate of drug-likeness (QED) is 0.866. The lowest BCUT2D eigenvalue weighted by Crippen LogP contribution is -2.46. The first-order chi connectivity index (χ1) is 11.0. The molecule has 1 aliphatic heterocycles. The van der Waals surface area contributed by atoms with Gasteiger partial charge in [-0.3, -0.25) is 9.59 Å². The Morgan fingerprint density at radius 2 is 2.17 bits per heavy atom. The van der Waals surface area contributed by atoms with Gasteiger partial charge in [-0.2, -0.15) is 0 Å². The van der Waals surface area contributed by atoms with E-state index >= 15 is 0 Å². The highest BCUT2D eigenvalue weighted by molar-refractivity contribution is 5.77. The van der Waals surface area contributed by atoms with E-state index in [9.17, 15) is 9.59 Å². The van der Waals surface area contributed by atoms with Crippen LogP contribution in [0.2, 0.25) is 0 Å². The number of aliphatic carboxylic acids is 1. The summed E-state index contributed by atoms with van der Waals surface area (Å²) in [7, 11) is 1.62. The van der Waals surface area contributed by atoms with E-state index in [1.54, 1.807) is 12.0 Å². The zero-order valence-electron chi connectivity index (χ0n) is 13.5. The van der Waals surface area contributed by atoms with Crippen LogP contribution < -0.4 is 4.74 Å². The molecular formula is C17H23NO5. The van der Waals surface area contributed by atoms with Crippen LogP contribution in [-0.4, -0.2) is 54.8 Å². The van der Waals surface area contributed by atoms with Gasteiger partial charge in [0, 0.05) is 19.5 Å². The molecule has 1 amide bonds. The molecule has 1 aliphatic rings. The summed E-state index contributed by atoms with van der Waals surface area (Å²) in [5, 5.41) is 8.85. The lowest BCUT2D eigenvalue weighted by molar-refractivity contribution is -0.147. The van der Waals surface area contributed by atoms with Crippen molar-refractivity contribution >= 4 is 11.9 Å². The fraction of sp³-hybridized carbons (Fsp3) is 0.529. The van der Waals surface area contributed by atoms with Crippen molar-refractivity contribution in [3.63, 3.8) is 0 Å². The average Bonchev–Trinajstić information content (AvgIpc) is 2.54. The molecule has 1 fully saturated rings. The third-order valence-electron chi connectivity index (χ3n) is 4.04. The first-order valence-electron chi connectivity index (χ1n) is 7.75. The zero-order valence-corrected chi connectivity index (χ0v) is 13.5. The van der Waals surface area contributed by atoms with Crippen LogP contribution in [-0.2, 0) is 14.3 Å². The molecule has 6 heteroatoms. The van der Waals surface area contributed by atoms with E-state index < -0.39 is 12.1 Å². The Hall–Kier alpha value is -2.08. The Bertz CT molecular complexity index is 560. The minimum Gasteiger partial charge on any atom is -0.496 e. The van der Waals surface area contributed by atoms with Crippen LogP contribution in [0.5, 0.6) is 5.75 Å². The van der Waals surface area contributed by atoms with Crippen molar-refractivity contribution in [2.75, 3.05) is 26.8 Å². The molecule has 1 aromatic rings. The van der Waals surface area contributed by atoms with E-state index in [1.807, 2.05) is 31.2 Å². The first-order valence-corrected chi connectivity index (χ1v) is 7.75. The lowest BCUT2D eigenvalue weighted by Gasteiger charge is -2.33. The molecule has 0 saturated carbocycles. The Morgan fingerprint density at radius 1 is 1.43 bits per heavy atom. The predicted molar refractivity (Wildman–Crippen MR) is 84.6 cm³/mol. The summed E-state index contributed by atoms with van der Waals surface area (Å²) < 4.78 is 10.7. The summed E-state index contributed by atoms with van der Waals surface area (Å²) in [5.41, 5.74) is 0.999. The fourth-order valence-electron chi connectivity index (χ4n) is 2.84. The molecule has 6 nitrogen and oxygen atoms in total. The van der Waals surface area contributed by atoms with Crippen molar-refractivity contribution in [3.8, 4) is 5.75 Å². The van der Waals surface area contributed by atoms with Crippen LogP contribution >= 0.6 is 0 Å². The molecule has 1 aromatic carbocycles. The molecular weight excluding hydrogens is 298 g/mol. The maximum Gasteiger partial charge on any atom is 0.306 e. The van der Waals surface area contributed by atoms with E-state index in [1.165, 1.54) is 0 Å². The second-order valence-electron chi connectivity index (χ2n) is 5.78. The van der Waals surface area contributed by atoms with Gasteiger partial charge in [0.15, 0.2) is 0 Å². The highest BCUT2D eigenvalue weighted by atomic mass is 16.5. The predicted octanol–water partition coefficient (Wildman–Crippen LogP) is 1.89. The van der Waals surface area contributed by atoms with Gasteiger partial charge in [0.05, 0.1) is 26.2 Å². The van der Waals surface area contributed by atoms with E-state index in [0.29, 0.717) is 26.1 Å². The van der Waals surface area contributed by atoms with Gasteiger partial charge in [0.25, 0.3) is 0 Å². The van der Waals surface area contributed by atoms with Crippen molar-refractivity contribution in [2.24, 2.45) is 0 Å². The first kappa shape index (κ1) is 17.3. The van der Waals surface area contributed by atoms with E-state index in [2.05, 4.69) is 0 Å². The van der Waals surface area contributed by atoms with Crippen molar-refractivity contribution in [1.29, 1.82) is 0 Å². The Kier molecular flexibility index (Phi) is 5.98. The fourth-order valence-corrected chi connectivity index (χ4v) is 2.84. The summed E-state index contributed by atoms with van der Waals surface area (Å²) in [4.78, 5) is 25.0. The summed E-state index contributed by atoms with van der Waals surface area (Å²) in [6, 6.07) is 7.67. The lowest BCUT2D eigenvalue weighted by atomic mass is 9.96. The zero-order chi connectivity index (χ0) is 16.8. The highest BCUT2D eigenvalue weighted by Crippen LogP contribution is 2.29. The minimum absolute atomic E-state index is 0.0158. The van der Waals surface area contributed by atoms with Gasteiger partial charge in [0.1, 0.15) is 5.75 Å². The largest absolute Gasteiger partial charge is 0.496 e. The van der Waals surface area contributed by atoms with Gasteiger partial charge in [0.2, 0.25) is 5.91 Å². The van der Waals surface area contributed by atoms with Crippen LogP contribution in [0.4, 0.5) is 0 Å². The maximum atomic E-state index is 12.5. The number of para-hydroxylation sites is 1. The molecule has 1 saturated heterocycles. The van der Waals surface area contributed by atoms with Crippen LogP contribution in [0.25, 0.3) is 0 Å². The number of benzene rings is 1. The number of nitrogens with zero attached hydrogens (tertiary/aromatic N) is 1. The minimum atomic E-state index is -0.910. The van der Waals surface area contributed by atoms with Crippen molar-refractivity contribution in [1.82, 2.24) is 4.90 Å². The number of hydrogen-bond donors (Lipinski definition) is 1. The topological polar surface area (TPSA) is 76.1 Å². The molecule has 23 heavy (non-hydrogen) atoms. The van der Waals surface area contributed by atoms with Gasteiger partial charge < -0.3 is 19.5 Å².